The molecule has 3 aromatic rings. The Hall–Kier alpha value is -3.15. The van der Waals surface area contributed by atoms with E-state index in [4.69, 9.17) is 5.73 Å². The van der Waals surface area contributed by atoms with Crippen LogP contribution in [0, 0.1) is 11.8 Å². The molecule has 3 heterocycles. The van der Waals surface area contributed by atoms with Gasteiger partial charge in [0.1, 0.15) is 5.60 Å². The van der Waals surface area contributed by atoms with Crippen LogP contribution >= 0.6 is 0 Å². The number of aliphatic hydroxyl groups is 2. The lowest BCUT2D eigenvalue weighted by atomic mass is 9.85. The second-order valence-corrected chi connectivity index (χ2v) is 8.53. The molecular weight excluding hydrogens is 380 g/mol. The summed E-state index contributed by atoms with van der Waals surface area (Å²) in [5.74, 6) is 6.96. The van der Waals surface area contributed by atoms with Crippen molar-refractivity contribution in [3.63, 3.8) is 0 Å². The third kappa shape index (κ3) is 2.98. The van der Waals surface area contributed by atoms with Crippen molar-refractivity contribution in [1.82, 2.24) is 19.9 Å². The van der Waals surface area contributed by atoms with Crippen molar-refractivity contribution >= 4 is 28.6 Å². The van der Waals surface area contributed by atoms with Crippen molar-refractivity contribution in [3.05, 3.63) is 35.7 Å². The third-order valence-corrected chi connectivity index (χ3v) is 6.20. The van der Waals surface area contributed by atoms with E-state index >= 15 is 0 Å². The molecule has 1 aliphatic heterocycles. The summed E-state index contributed by atoms with van der Waals surface area (Å²) in [6.45, 7) is 2.54. The van der Waals surface area contributed by atoms with Gasteiger partial charge in [0, 0.05) is 23.2 Å². The van der Waals surface area contributed by atoms with E-state index in [1.807, 2.05) is 30.0 Å². The SMILES string of the molecule is CC1(CO)CN(c2nc(N)nc3[nH]cnc23)c2cc(C#CC3(O)CCCC3)ccc21. The van der Waals surface area contributed by atoms with Crippen LogP contribution in [0.2, 0.25) is 0 Å². The number of nitrogens with zero attached hydrogens (tertiary/aromatic N) is 4. The number of nitrogen functional groups attached to an aromatic ring is 1. The molecule has 30 heavy (non-hydrogen) atoms. The molecule has 2 aromatic heterocycles. The fraction of sp³-hybridized carbons (Fsp3) is 0.409. The maximum absolute atomic E-state index is 10.6. The molecule has 8 nitrogen and oxygen atoms in total. The van der Waals surface area contributed by atoms with Gasteiger partial charge in [-0.05, 0) is 43.4 Å². The first-order valence-electron chi connectivity index (χ1n) is 10.2. The molecule has 0 bridgehead atoms. The first kappa shape index (κ1) is 18.9. The molecule has 5 N–H and O–H groups in total. The van der Waals surface area contributed by atoms with Crippen molar-refractivity contribution in [1.29, 1.82) is 0 Å². The first-order valence-corrected chi connectivity index (χ1v) is 10.2. The van der Waals surface area contributed by atoms with E-state index in [0.29, 0.717) is 23.5 Å². The molecule has 0 spiro atoms. The molecule has 8 heteroatoms. The number of benzene rings is 1. The number of imidazole rings is 1. The maximum Gasteiger partial charge on any atom is 0.224 e. The van der Waals surface area contributed by atoms with Gasteiger partial charge in [-0.1, -0.05) is 24.8 Å². The second kappa shape index (κ2) is 6.69. The van der Waals surface area contributed by atoms with Crippen LogP contribution in [0.3, 0.4) is 0 Å². The Kier molecular flexibility index (Phi) is 4.20. The highest BCUT2D eigenvalue weighted by Crippen LogP contribution is 2.45. The van der Waals surface area contributed by atoms with Crippen LogP contribution in [0.15, 0.2) is 24.5 Å². The zero-order valence-corrected chi connectivity index (χ0v) is 16.8. The lowest BCUT2D eigenvalue weighted by Crippen LogP contribution is -2.32. The summed E-state index contributed by atoms with van der Waals surface area (Å²) in [7, 11) is 0. The van der Waals surface area contributed by atoms with Gasteiger partial charge in [0.05, 0.1) is 12.9 Å². The van der Waals surface area contributed by atoms with E-state index < -0.39 is 11.0 Å². The van der Waals surface area contributed by atoms with Gasteiger partial charge in [0.2, 0.25) is 5.95 Å². The largest absolute Gasteiger partial charge is 0.395 e. The summed E-state index contributed by atoms with van der Waals surface area (Å²) >= 11 is 0. The number of hydrogen-bond donors (Lipinski definition) is 4. The summed E-state index contributed by atoms with van der Waals surface area (Å²) in [5.41, 5.74) is 8.49. The molecule has 0 saturated heterocycles. The molecule has 0 radical (unpaired) electrons. The number of anilines is 3. The smallest absolute Gasteiger partial charge is 0.224 e. The average molecular weight is 404 g/mol. The molecule has 1 saturated carbocycles. The van der Waals surface area contributed by atoms with Crippen LogP contribution in [-0.4, -0.2) is 48.9 Å². The highest BCUT2D eigenvalue weighted by molar-refractivity contribution is 5.89. The number of aromatic nitrogens is 4. The third-order valence-electron chi connectivity index (χ3n) is 6.20. The van der Waals surface area contributed by atoms with Gasteiger partial charge in [-0.2, -0.15) is 9.97 Å². The summed E-state index contributed by atoms with van der Waals surface area (Å²) in [6, 6.07) is 5.93. The molecule has 1 fully saturated rings. The van der Waals surface area contributed by atoms with Gasteiger partial charge < -0.3 is 25.8 Å². The normalized spacial score (nSPS) is 22.2. The number of rotatable bonds is 2. The predicted octanol–water partition coefficient (Wildman–Crippen LogP) is 1.99. The highest BCUT2D eigenvalue weighted by atomic mass is 16.3. The first-order chi connectivity index (χ1) is 14.4. The number of H-pyrrole nitrogens is 1. The molecule has 2 aliphatic rings. The van der Waals surface area contributed by atoms with Crippen LogP contribution < -0.4 is 10.6 Å². The van der Waals surface area contributed by atoms with Crippen LogP contribution in [0.5, 0.6) is 0 Å². The van der Waals surface area contributed by atoms with Gasteiger partial charge in [-0.3, -0.25) is 0 Å². The van der Waals surface area contributed by atoms with E-state index in [1.165, 1.54) is 0 Å². The van der Waals surface area contributed by atoms with E-state index in [9.17, 15) is 10.2 Å². The Labute approximate surface area is 174 Å². The van der Waals surface area contributed by atoms with Crippen molar-refractivity contribution < 1.29 is 10.2 Å². The predicted molar refractivity (Wildman–Crippen MR) is 114 cm³/mol. The van der Waals surface area contributed by atoms with Crippen molar-refractivity contribution in [2.75, 3.05) is 23.8 Å². The molecule has 0 amide bonds. The number of aromatic amines is 1. The van der Waals surface area contributed by atoms with E-state index in [0.717, 1.165) is 42.5 Å². The summed E-state index contributed by atoms with van der Waals surface area (Å²) in [5, 5.41) is 20.7. The maximum atomic E-state index is 10.6. The van der Waals surface area contributed by atoms with Crippen molar-refractivity contribution in [3.8, 4) is 11.8 Å². The van der Waals surface area contributed by atoms with Crippen molar-refractivity contribution in [2.24, 2.45) is 0 Å². The summed E-state index contributed by atoms with van der Waals surface area (Å²) in [6.07, 6.45) is 5.02. The van der Waals surface area contributed by atoms with E-state index in [2.05, 4.69) is 31.8 Å². The summed E-state index contributed by atoms with van der Waals surface area (Å²) in [4.78, 5) is 18.0. The fourth-order valence-electron chi connectivity index (χ4n) is 4.49. The fourth-order valence-corrected chi connectivity index (χ4v) is 4.49. The zero-order valence-electron chi connectivity index (χ0n) is 16.8. The van der Waals surface area contributed by atoms with Gasteiger partial charge in [-0.25, -0.2) is 4.98 Å². The molecular formula is C22H24N6O2. The average Bonchev–Trinajstić information content (AvgIpc) is 3.45. The Morgan fingerprint density at radius 3 is 2.83 bits per heavy atom. The zero-order chi connectivity index (χ0) is 20.9. The second-order valence-electron chi connectivity index (χ2n) is 8.53. The standard InChI is InChI=1S/C22H24N6O2/c1-21(12-29)11-28(19-17-18(25-13-24-17)26-20(23)27-19)16-10-14(4-5-15(16)21)6-9-22(30)7-2-3-8-22/h4-5,10,13,29-30H,2-3,7-8,11-12H2,1H3,(H3,23,24,25,26,27). The van der Waals surface area contributed by atoms with E-state index in [1.54, 1.807) is 6.33 Å². The highest BCUT2D eigenvalue weighted by Gasteiger charge is 2.40. The molecule has 1 atom stereocenters. The molecule has 154 valence electrons. The number of nitrogens with one attached hydrogen (secondary N) is 1. The Morgan fingerprint density at radius 2 is 2.07 bits per heavy atom. The van der Waals surface area contributed by atoms with Gasteiger partial charge in [-0.15, -0.1) is 0 Å². The van der Waals surface area contributed by atoms with Gasteiger partial charge >= 0.3 is 0 Å². The van der Waals surface area contributed by atoms with Crippen LogP contribution in [-0.2, 0) is 5.41 Å². The molecule has 1 unspecified atom stereocenters. The summed E-state index contributed by atoms with van der Waals surface area (Å²) < 4.78 is 0. The number of hydrogen-bond acceptors (Lipinski definition) is 7. The number of fused-ring (bicyclic) bond motifs is 2. The van der Waals surface area contributed by atoms with Gasteiger partial charge in [0.25, 0.3) is 0 Å². The van der Waals surface area contributed by atoms with Crippen molar-refractivity contribution in [2.45, 2.75) is 43.6 Å². The molecule has 5 rings (SSSR count). The quantitative estimate of drug-likeness (QED) is 0.482. The minimum atomic E-state index is -0.888. The van der Waals surface area contributed by atoms with Crippen LogP contribution in [0.4, 0.5) is 17.5 Å². The Balaban J connectivity index is 1.62. The lowest BCUT2D eigenvalue weighted by Gasteiger charge is -2.23. The monoisotopic (exact) mass is 404 g/mol. The Bertz CT molecular complexity index is 1190. The molecule has 1 aliphatic carbocycles. The van der Waals surface area contributed by atoms with Gasteiger partial charge in [0.15, 0.2) is 17.0 Å². The van der Waals surface area contributed by atoms with E-state index in [-0.39, 0.29) is 12.6 Å². The Morgan fingerprint density at radius 1 is 1.27 bits per heavy atom. The topological polar surface area (TPSA) is 124 Å². The van der Waals surface area contributed by atoms with Crippen LogP contribution in [0.25, 0.3) is 11.2 Å². The minimum Gasteiger partial charge on any atom is -0.395 e. The molecule has 1 aromatic carbocycles. The lowest BCUT2D eigenvalue weighted by molar-refractivity contribution is 0.110. The number of nitrogens with two attached hydrogens (primary N) is 1. The number of aliphatic hydroxyl groups excluding tert-OH is 1. The van der Waals surface area contributed by atoms with Crippen LogP contribution in [0.1, 0.15) is 43.7 Å². The minimum absolute atomic E-state index is 0.00838.